The summed E-state index contributed by atoms with van der Waals surface area (Å²) in [6.45, 7) is 2.04. The molecule has 0 aromatic heterocycles. The predicted molar refractivity (Wildman–Crippen MR) is 78.1 cm³/mol. The van der Waals surface area contributed by atoms with Crippen LogP contribution in [0.1, 0.15) is 39.0 Å². The maximum atomic E-state index is 11.7. The molecule has 3 N–H and O–H groups in total. The Hall–Kier alpha value is -1.11. The SMILES string of the molecule is CC(CNC(=O)NC(C(=O)O)C1CCCCC1)S(C)=O. The highest BCUT2D eigenvalue weighted by molar-refractivity contribution is 7.84. The number of aliphatic carboxylic acids is 1. The van der Waals surface area contributed by atoms with Crippen molar-refractivity contribution in [1.82, 2.24) is 10.6 Å². The van der Waals surface area contributed by atoms with Crippen LogP contribution in [0.5, 0.6) is 0 Å². The van der Waals surface area contributed by atoms with Crippen LogP contribution < -0.4 is 10.6 Å². The first kappa shape index (κ1) is 16.9. The third-order valence-corrected chi connectivity index (χ3v) is 5.09. The highest BCUT2D eigenvalue weighted by Crippen LogP contribution is 2.26. The molecule has 1 saturated carbocycles. The fraction of sp³-hybridized carbons (Fsp3) is 0.846. The van der Waals surface area contributed by atoms with Gasteiger partial charge in [-0.2, -0.15) is 0 Å². The van der Waals surface area contributed by atoms with Crippen molar-refractivity contribution in [2.75, 3.05) is 12.8 Å². The minimum Gasteiger partial charge on any atom is -0.480 e. The van der Waals surface area contributed by atoms with Crippen molar-refractivity contribution < 1.29 is 18.9 Å². The van der Waals surface area contributed by atoms with Gasteiger partial charge in [0.25, 0.3) is 0 Å². The molecule has 0 aromatic carbocycles. The summed E-state index contributed by atoms with van der Waals surface area (Å²) in [5.41, 5.74) is 0. The zero-order chi connectivity index (χ0) is 15.1. The molecule has 0 spiro atoms. The molecule has 116 valence electrons. The summed E-state index contributed by atoms with van der Waals surface area (Å²) in [5.74, 6) is -0.983. The molecule has 0 saturated heterocycles. The molecular weight excluding hydrogens is 280 g/mol. The number of rotatable bonds is 6. The Bertz CT molecular complexity index is 369. The summed E-state index contributed by atoms with van der Waals surface area (Å²) in [6, 6.07) is -1.34. The van der Waals surface area contributed by atoms with Gasteiger partial charge in [0.2, 0.25) is 0 Å². The Morgan fingerprint density at radius 2 is 1.90 bits per heavy atom. The fourth-order valence-electron chi connectivity index (χ4n) is 2.39. The number of carbonyl (C=O) groups is 2. The highest BCUT2D eigenvalue weighted by atomic mass is 32.2. The number of nitrogens with one attached hydrogen (secondary N) is 2. The van der Waals surface area contributed by atoms with Crippen molar-refractivity contribution in [1.29, 1.82) is 0 Å². The van der Waals surface area contributed by atoms with Crippen LogP contribution in [-0.2, 0) is 15.6 Å². The summed E-state index contributed by atoms with van der Waals surface area (Å²) in [7, 11) is -1.01. The Labute approximate surface area is 122 Å². The van der Waals surface area contributed by atoms with E-state index in [0.29, 0.717) is 0 Å². The molecule has 0 aromatic rings. The maximum absolute atomic E-state index is 11.7. The van der Waals surface area contributed by atoms with Gasteiger partial charge in [-0.1, -0.05) is 19.3 Å². The van der Waals surface area contributed by atoms with E-state index in [1.165, 1.54) is 0 Å². The normalized spacial score (nSPS) is 20.7. The third-order valence-electron chi connectivity index (χ3n) is 3.79. The van der Waals surface area contributed by atoms with Gasteiger partial charge in [-0.25, -0.2) is 9.59 Å². The van der Waals surface area contributed by atoms with E-state index < -0.39 is 28.8 Å². The van der Waals surface area contributed by atoms with Crippen LogP contribution in [0.4, 0.5) is 4.79 Å². The summed E-state index contributed by atoms with van der Waals surface area (Å²) in [6.07, 6.45) is 6.42. The van der Waals surface area contributed by atoms with Crippen molar-refractivity contribution >= 4 is 22.8 Å². The minimum absolute atomic E-state index is 0.00438. The standard InChI is InChI=1S/C13H24N2O4S/c1-9(20(2)19)8-14-13(18)15-11(12(16)17)10-6-4-3-5-7-10/h9-11H,3-8H2,1-2H3,(H,16,17)(H2,14,15,18). The second kappa shape index (κ2) is 8.24. The molecule has 0 heterocycles. The molecule has 6 nitrogen and oxygen atoms in total. The second-order valence-corrected chi connectivity index (χ2v) is 7.18. The molecule has 0 bridgehead atoms. The van der Waals surface area contributed by atoms with E-state index in [1.807, 2.05) is 0 Å². The molecule has 3 unspecified atom stereocenters. The number of amides is 2. The zero-order valence-corrected chi connectivity index (χ0v) is 12.9. The van der Waals surface area contributed by atoms with Gasteiger partial charge < -0.3 is 15.7 Å². The molecule has 2 amide bonds. The molecule has 1 rings (SSSR count). The predicted octanol–water partition coefficient (Wildman–Crippen LogP) is 1.09. The van der Waals surface area contributed by atoms with Gasteiger partial charge in [0, 0.05) is 28.9 Å². The van der Waals surface area contributed by atoms with Crippen LogP contribution in [-0.4, -0.2) is 45.4 Å². The zero-order valence-electron chi connectivity index (χ0n) is 12.1. The molecule has 1 aliphatic carbocycles. The summed E-state index contributed by atoms with van der Waals surface area (Å²) in [5, 5.41) is 14.2. The van der Waals surface area contributed by atoms with Gasteiger partial charge >= 0.3 is 12.0 Å². The van der Waals surface area contributed by atoms with E-state index in [1.54, 1.807) is 13.2 Å². The highest BCUT2D eigenvalue weighted by Gasteiger charge is 2.30. The molecule has 0 aliphatic heterocycles. The lowest BCUT2D eigenvalue weighted by Gasteiger charge is -2.28. The van der Waals surface area contributed by atoms with Crippen LogP contribution in [0.15, 0.2) is 0 Å². The molecule has 20 heavy (non-hydrogen) atoms. The van der Waals surface area contributed by atoms with Gasteiger partial charge in [-0.05, 0) is 25.7 Å². The largest absolute Gasteiger partial charge is 0.480 e. The monoisotopic (exact) mass is 304 g/mol. The Morgan fingerprint density at radius 3 is 2.40 bits per heavy atom. The number of carboxylic acids is 1. The van der Waals surface area contributed by atoms with Crippen molar-refractivity contribution in [3.05, 3.63) is 0 Å². The van der Waals surface area contributed by atoms with Crippen LogP contribution in [0.25, 0.3) is 0 Å². The van der Waals surface area contributed by atoms with E-state index in [9.17, 15) is 18.9 Å². The van der Waals surface area contributed by atoms with E-state index in [2.05, 4.69) is 10.6 Å². The maximum Gasteiger partial charge on any atom is 0.326 e. The van der Waals surface area contributed by atoms with Crippen molar-refractivity contribution in [2.45, 2.75) is 50.3 Å². The van der Waals surface area contributed by atoms with E-state index in [-0.39, 0.29) is 17.7 Å². The van der Waals surface area contributed by atoms with Crippen molar-refractivity contribution in [3.63, 3.8) is 0 Å². The van der Waals surface area contributed by atoms with Crippen LogP contribution in [0, 0.1) is 5.92 Å². The quantitative estimate of drug-likeness (QED) is 0.684. The lowest BCUT2D eigenvalue weighted by molar-refractivity contribution is -0.141. The van der Waals surface area contributed by atoms with E-state index >= 15 is 0 Å². The van der Waals surface area contributed by atoms with E-state index in [0.717, 1.165) is 32.1 Å². The Kier molecular flexibility index (Phi) is 6.98. The fourth-order valence-corrected chi connectivity index (χ4v) is 2.71. The molecule has 3 atom stereocenters. The average molecular weight is 304 g/mol. The average Bonchev–Trinajstić information content (AvgIpc) is 2.42. The molecule has 1 aliphatic rings. The van der Waals surface area contributed by atoms with Gasteiger partial charge in [0.1, 0.15) is 6.04 Å². The van der Waals surface area contributed by atoms with Crippen LogP contribution in [0.3, 0.4) is 0 Å². The van der Waals surface area contributed by atoms with Gasteiger partial charge in [0.15, 0.2) is 0 Å². The van der Waals surface area contributed by atoms with Crippen molar-refractivity contribution in [2.24, 2.45) is 5.92 Å². The van der Waals surface area contributed by atoms with Crippen molar-refractivity contribution in [3.8, 4) is 0 Å². The van der Waals surface area contributed by atoms with Crippen LogP contribution in [0.2, 0.25) is 0 Å². The van der Waals surface area contributed by atoms with E-state index in [4.69, 9.17) is 0 Å². The topological polar surface area (TPSA) is 95.5 Å². The minimum atomic E-state index is -1.01. The molecule has 1 fully saturated rings. The summed E-state index contributed by atoms with van der Waals surface area (Å²) >= 11 is 0. The van der Waals surface area contributed by atoms with Gasteiger partial charge in [0.05, 0.1) is 0 Å². The van der Waals surface area contributed by atoms with Gasteiger partial charge in [-0.3, -0.25) is 4.21 Å². The van der Waals surface area contributed by atoms with Crippen LogP contribution >= 0.6 is 0 Å². The third kappa shape index (κ3) is 5.48. The van der Waals surface area contributed by atoms with Gasteiger partial charge in [-0.15, -0.1) is 0 Å². The number of hydrogen-bond acceptors (Lipinski definition) is 3. The molecule has 0 radical (unpaired) electrons. The first-order valence-corrected chi connectivity index (χ1v) is 8.63. The number of urea groups is 1. The second-order valence-electron chi connectivity index (χ2n) is 5.38. The summed E-state index contributed by atoms with van der Waals surface area (Å²) in [4.78, 5) is 23.0. The number of hydrogen-bond donors (Lipinski definition) is 3. The summed E-state index contributed by atoms with van der Waals surface area (Å²) < 4.78 is 11.2. The Morgan fingerprint density at radius 1 is 1.30 bits per heavy atom. The number of carboxylic acid groups (broad SMARTS) is 1. The first-order chi connectivity index (χ1) is 9.41. The Balaban J connectivity index is 2.46. The lowest BCUT2D eigenvalue weighted by atomic mass is 9.84. The smallest absolute Gasteiger partial charge is 0.326 e. The lowest BCUT2D eigenvalue weighted by Crippen LogP contribution is -2.51. The number of carbonyl (C=O) groups excluding carboxylic acids is 1. The molecule has 7 heteroatoms. The first-order valence-electron chi connectivity index (χ1n) is 7.01. The molecular formula is C13H24N2O4S.